The Kier molecular flexibility index (Phi) is 7.40. The van der Waals surface area contributed by atoms with E-state index in [1.165, 1.54) is 0 Å². The zero-order valence-electron chi connectivity index (χ0n) is 20.9. The molecule has 0 aliphatic heterocycles. The van der Waals surface area contributed by atoms with Gasteiger partial charge in [0.15, 0.2) is 16.7 Å². The summed E-state index contributed by atoms with van der Waals surface area (Å²) in [5.74, 6) is 0.616. The van der Waals surface area contributed by atoms with E-state index >= 15 is 0 Å². The Morgan fingerprint density at radius 1 is 1.11 bits per heavy atom. The molecule has 2 fully saturated rings. The minimum Gasteiger partial charge on any atom is -0.489 e. The molecule has 2 aliphatic rings. The molecule has 3 aromatic rings. The van der Waals surface area contributed by atoms with E-state index in [4.69, 9.17) is 26.1 Å². The third-order valence-electron chi connectivity index (χ3n) is 6.99. The van der Waals surface area contributed by atoms with Crippen molar-refractivity contribution < 1.29 is 19.4 Å². The Bertz CT molecular complexity index is 1280. The molecule has 2 atom stereocenters. The Hall–Kier alpha value is -3.47. The molecule has 3 aromatic heterocycles. The van der Waals surface area contributed by atoms with E-state index in [1.807, 2.05) is 26.1 Å². The number of anilines is 1. The summed E-state index contributed by atoms with van der Waals surface area (Å²) >= 11 is 6.05. The molecule has 11 nitrogen and oxygen atoms in total. The van der Waals surface area contributed by atoms with Gasteiger partial charge < -0.3 is 19.9 Å². The lowest BCUT2D eigenvalue weighted by molar-refractivity contribution is -0.143. The van der Waals surface area contributed by atoms with Gasteiger partial charge in [-0.15, -0.1) is 15.3 Å². The number of hydrogen-bond donors (Lipinski definition) is 2. The average molecular weight is 528 g/mol. The molecule has 0 saturated heterocycles. The molecule has 12 heteroatoms. The van der Waals surface area contributed by atoms with Crippen molar-refractivity contribution in [3.05, 3.63) is 34.7 Å². The van der Waals surface area contributed by atoms with E-state index in [-0.39, 0.29) is 23.3 Å². The van der Waals surface area contributed by atoms with Crippen molar-refractivity contribution in [2.75, 3.05) is 5.32 Å². The number of aryl methyl sites for hydroxylation is 2. The highest BCUT2D eigenvalue weighted by Gasteiger charge is 2.29. The monoisotopic (exact) mass is 527 g/mol. The third-order valence-corrected chi connectivity index (χ3v) is 7.17. The van der Waals surface area contributed by atoms with Crippen molar-refractivity contribution in [2.45, 2.75) is 70.6 Å². The Morgan fingerprint density at radius 2 is 1.86 bits per heavy atom. The second-order valence-electron chi connectivity index (χ2n) is 9.63. The summed E-state index contributed by atoms with van der Waals surface area (Å²) in [7, 11) is 1.82. The van der Waals surface area contributed by atoms with Crippen molar-refractivity contribution in [2.24, 2.45) is 13.0 Å². The molecular weight excluding hydrogens is 498 g/mol. The van der Waals surface area contributed by atoms with E-state index < -0.39 is 5.97 Å². The van der Waals surface area contributed by atoms with Crippen LogP contribution < -0.4 is 14.8 Å². The molecule has 2 aliphatic carbocycles. The summed E-state index contributed by atoms with van der Waals surface area (Å²) in [5.41, 5.74) is 2.81. The summed E-state index contributed by atoms with van der Waals surface area (Å²) < 4.78 is 13.9. The van der Waals surface area contributed by atoms with Gasteiger partial charge in [-0.25, -0.2) is 9.67 Å². The van der Waals surface area contributed by atoms with Gasteiger partial charge >= 0.3 is 5.97 Å². The SMILES string of the molecule is Cc1nc(-c2nnn(C)c2CNc2nnc(Cl)cc2OC2CCC2)ccc1O[C@H]1CCC[C@H](C(=O)O)C1. The first-order valence-corrected chi connectivity index (χ1v) is 12.9. The smallest absolute Gasteiger partial charge is 0.306 e. The van der Waals surface area contributed by atoms with Crippen LogP contribution in [0.2, 0.25) is 5.15 Å². The fourth-order valence-electron chi connectivity index (χ4n) is 4.63. The molecule has 0 radical (unpaired) electrons. The summed E-state index contributed by atoms with van der Waals surface area (Å²) in [6.07, 6.45) is 6.12. The molecule has 5 rings (SSSR count). The minimum absolute atomic E-state index is 0.130. The summed E-state index contributed by atoms with van der Waals surface area (Å²) in [6.45, 7) is 2.24. The van der Waals surface area contributed by atoms with Gasteiger partial charge in [-0.3, -0.25) is 4.79 Å². The van der Waals surface area contributed by atoms with Crippen molar-refractivity contribution >= 4 is 23.4 Å². The molecule has 0 aromatic carbocycles. The van der Waals surface area contributed by atoms with Crippen molar-refractivity contribution in [3.8, 4) is 22.9 Å². The van der Waals surface area contributed by atoms with E-state index in [1.54, 1.807) is 10.7 Å². The molecular formula is C25H30ClN7O4. The van der Waals surface area contributed by atoms with Gasteiger partial charge in [0.25, 0.3) is 0 Å². The Balaban J connectivity index is 1.30. The first-order chi connectivity index (χ1) is 17.9. The fraction of sp³-hybridized carbons (Fsp3) is 0.520. The number of hydrogen-bond acceptors (Lipinski definition) is 9. The van der Waals surface area contributed by atoms with Crippen LogP contribution in [0, 0.1) is 12.8 Å². The maximum absolute atomic E-state index is 11.4. The number of nitrogens with one attached hydrogen (secondary N) is 1. The fourth-order valence-corrected chi connectivity index (χ4v) is 4.77. The number of carboxylic acid groups (broad SMARTS) is 1. The molecule has 196 valence electrons. The molecule has 3 heterocycles. The van der Waals surface area contributed by atoms with Crippen LogP contribution in [-0.2, 0) is 18.4 Å². The van der Waals surface area contributed by atoms with Crippen LogP contribution in [0.25, 0.3) is 11.4 Å². The lowest BCUT2D eigenvalue weighted by Crippen LogP contribution is -2.29. The number of pyridine rings is 1. The molecule has 2 saturated carbocycles. The topological polar surface area (TPSA) is 137 Å². The largest absolute Gasteiger partial charge is 0.489 e. The Labute approximate surface area is 219 Å². The molecule has 0 unspecified atom stereocenters. The quantitative estimate of drug-likeness (QED) is 0.416. The predicted octanol–water partition coefficient (Wildman–Crippen LogP) is 4.19. The van der Waals surface area contributed by atoms with Gasteiger partial charge in [-0.1, -0.05) is 16.8 Å². The highest BCUT2D eigenvalue weighted by molar-refractivity contribution is 6.29. The van der Waals surface area contributed by atoms with Crippen LogP contribution in [0.15, 0.2) is 18.2 Å². The van der Waals surface area contributed by atoms with E-state index in [0.717, 1.165) is 37.8 Å². The van der Waals surface area contributed by atoms with Crippen molar-refractivity contribution in [1.82, 2.24) is 30.2 Å². The van der Waals surface area contributed by atoms with Gasteiger partial charge in [0.05, 0.1) is 41.8 Å². The lowest BCUT2D eigenvalue weighted by Gasteiger charge is -2.27. The van der Waals surface area contributed by atoms with Crippen LogP contribution in [-0.4, -0.2) is 53.5 Å². The van der Waals surface area contributed by atoms with Crippen LogP contribution in [0.4, 0.5) is 5.82 Å². The van der Waals surface area contributed by atoms with Gasteiger partial charge in [-0.2, -0.15) is 0 Å². The number of ether oxygens (including phenoxy) is 2. The second-order valence-corrected chi connectivity index (χ2v) is 10.0. The maximum atomic E-state index is 11.4. The molecule has 2 N–H and O–H groups in total. The lowest BCUT2D eigenvalue weighted by atomic mass is 9.87. The van der Waals surface area contributed by atoms with E-state index in [9.17, 15) is 9.90 Å². The normalized spacial score (nSPS) is 19.8. The van der Waals surface area contributed by atoms with Crippen molar-refractivity contribution in [3.63, 3.8) is 0 Å². The first kappa shape index (κ1) is 25.2. The number of carboxylic acids is 1. The van der Waals surface area contributed by atoms with Gasteiger partial charge in [-0.05, 0) is 64.0 Å². The number of carbonyl (C=O) groups is 1. The van der Waals surface area contributed by atoms with Crippen LogP contribution in [0.5, 0.6) is 11.5 Å². The number of rotatable bonds is 9. The number of halogens is 1. The second kappa shape index (κ2) is 10.9. The summed E-state index contributed by atoms with van der Waals surface area (Å²) in [6, 6.07) is 5.38. The zero-order valence-corrected chi connectivity index (χ0v) is 21.6. The number of nitrogens with zero attached hydrogens (tertiary/aromatic N) is 6. The van der Waals surface area contributed by atoms with Crippen LogP contribution in [0.1, 0.15) is 56.3 Å². The molecule has 0 spiro atoms. The first-order valence-electron chi connectivity index (χ1n) is 12.6. The average Bonchev–Trinajstić information content (AvgIpc) is 3.22. The third kappa shape index (κ3) is 5.76. The van der Waals surface area contributed by atoms with E-state index in [0.29, 0.717) is 53.8 Å². The van der Waals surface area contributed by atoms with Crippen molar-refractivity contribution in [1.29, 1.82) is 0 Å². The standard InChI is InChI=1S/C25H30ClN7O4/c1-14-20(37-17-8-3-5-15(11-17)25(34)35)10-9-18(28-14)23-19(33(2)32-30-23)13-27-24-21(12-22(26)29-31-24)36-16-6-4-7-16/h9-10,12,15-17H,3-8,11,13H2,1-2H3,(H,27,31)(H,34,35)/t15-,17-/m0/s1. The van der Waals surface area contributed by atoms with E-state index in [2.05, 4.69) is 25.8 Å². The van der Waals surface area contributed by atoms with Gasteiger partial charge in [0, 0.05) is 13.1 Å². The molecule has 37 heavy (non-hydrogen) atoms. The maximum Gasteiger partial charge on any atom is 0.306 e. The summed E-state index contributed by atoms with van der Waals surface area (Å²) in [4.78, 5) is 16.1. The van der Waals surface area contributed by atoms with Crippen LogP contribution in [0.3, 0.4) is 0 Å². The highest BCUT2D eigenvalue weighted by Crippen LogP contribution is 2.32. The summed E-state index contributed by atoms with van der Waals surface area (Å²) in [5, 5.41) is 29.6. The molecule has 0 bridgehead atoms. The minimum atomic E-state index is -0.756. The Morgan fingerprint density at radius 3 is 2.59 bits per heavy atom. The zero-order chi connectivity index (χ0) is 25.9. The molecule has 0 amide bonds. The number of aliphatic carboxylic acids is 1. The number of aromatic nitrogens is 6. The predicted molar refractivity (Wildman–Crippen MR) is 136 cm³/mol. The van der Waals surface area contributed by atoms with Gasteiger partial charge in [0.2, 0.25) is 0 Å². The van der Waals surface area contributed by atoms with Gasteiger partial charge in [0.1, 0.15) is 11.4 Å². The van der Waals surface area contributed by atoms with Crippen LogP contribution >= 0.6 is 11.6 Å². The highest BCUT2D eigenvalue weighted by atomic mass is 35.5.